The Labute approximate surface area is 122 Å². The van der Waals surface area contributed by atoms with E-state index in [9.17, 15) is 9.59 Å². The van der Waals surface area contributed by atoms with E-state index in [2.05, 4.69) is 22.1 Å². The molecule has 1 aromatic rings. The summed E-state index contributed by atoms with van der Waals surface area (Å²) in [7, 11) is 0. The molecule has 0 spiro atoms. The van der Waals surface area contributed by atoms with E-state index in [1.165, 1.54) is 10.4 Å². The number of amides is 3. The number of nitrogens with zero attached hydrogens (tertiary/aromatic N) is 1. The topological polar surface area (TPSA) is 61.4 Å². The molecule has 1 fully saturated rings. The minimum atomic E-state index is -0.154. The molecule has 0 atom stereocenters. The Morgan fingerprint density at radius 1 is 1.40 bits per heavy atom. The molecule has 2 heterocycles. The van der Waals surface area contributed by atoms with Gasteiger partial charge in [0.2, 0.25) is 5.91 Å². The Bertz CT molecular complexity index is 510. The number of carbonyl (C=O) groups is 2. The molecule has 2 N–H and O–H groups in total. The van der Waals surface area contributed by atoms with Crippen LogP contribution in [0.25, 0.3) is 0 Å². The van der Waals surface area contributed by atoms with E-state index in [-0.39, 0.29) is 11.9 Å². The van der Waals surface area contributed by atoms with Gasteiger partial charge in [-0.15, -0.1) is 11.3 Å². The molecule has 0 unspecified atom stereocenters. The zero-order valence-electron chi connectivity index (χ0n) is 11.4. The molecule has 3 amide bonds. The van der Waals surface area contributed by atoms with Crippen LogP contribution in [0.3, 0.4) is 0 Å². The monoisotopic (exact) mass is 293 g/mol. The molecule has 108 valence electrons. The summed E-state index contributed by atoms with van der Waals surface area (Å²) >= 11 is 1.77. The van der Waals surface area contributed by atoms with Crippen molar-refractivity contribution in [1.29, 1.82) is 0 Å². The van der Waals surface area contributed by atoms with Gasteiger partial charge in [0, 0.05) is 37.0 Å². The van der Waals surface area contributed by atoms with Crippen molar-refractivity contribution in [2.45, 2.75) is 38.3 Å². The Hall–Kier alpha value is -1.56. The molecule has 1 aliphatic heterocycles. The van der Waals surface area contributed by atoms with Crippen LogP contribution >= 0.6 is 11.3 Å². The first-order valence-corrected chi connectivity index (χ1v) is 7.98. The third kappa shape index (κ3) is 3.30. The van der Waals surface area contributed by atoms with E-state index >= 15 is 0 Å². The second-order valence-corrected chi connectivity index (χ2v) is 6.36. The normalized spacial score (nSPS) is 17.5. The SMILES string of the molecule is O=C(NCCC(=O)N1CCc2sccc2C1)NC1CC1. The molecular weight excluding hydrogens is 274 g/mol. The summed E-state index contributed by atoms with van der Waals surface area (Å²) in [5.41, 5.74) is 1.27. The first kappa shape index (κ1) is 13.4. The van der Waals surface area contributed by atoms with Gasteiger partial charge in [-0.3, -0.25) is 4.79 Å². The number of urea groups is 1. The van der Waals surface area contributed by atoms with Crippen LogP contribution in [0.2, 0.25) is 0 Å². The van der Waals surface area contributed by atoms with E-state index < -0.39 is 0 Å². The summed E-state index contributed by atoms with van der Waals surface area (Å²) in [4.78, 5) is 26.8. The van der Waals surface area contributed by atoms with Gasteiger partial charge >= 0.3 is 6.03 Å². The number of hydrogen-bond acceptors (Lipinski definition) is 3. The molecular formula is C14H19N3O2S. The summed E-state index contributed by atoms with van der Waals surface area (Å²) in [6.07, 6.45) is 3.47. The van der Waals surface area contributed by atoms with Gasteiger partial charge in [0.25, 0.3) is 0 Å². The number of rotatable bonds is 4. The molecule has 0 saturated heterocycles. The standard InChI is InChI=1S/C14H19N3O2S/c18-13(3-6-15-14(19)16-11-1-2-11)17-7-4-12-10(9-17)5-8-20-12/h5,8,11H,1-4,6-7,9H2,(H2,15,16,19). The van der Waals surface area contributed by atoms with Crippen LogP contribution < -0.4 is 10.6 Å². The predicted molar refractivity (Wildman–Crippen MR) is 77.6 cm³/mol. The highest BCUT2D eigenvalue weighted by Crippen LogP contribution is 2.24. The van der Waals surface area contributed by atoms with E-state index in [4.69, 9.17) is 0 Å². The van der Waals surface area contributed by atoms with Crippen molar-refractivity contribution in [2.24, 2.45) is 0 Å². The van der Waals surface area contributed by atoms with Crippen molar-refractivity contribution in [1.82, 2.24) is 15.5 Å². The Kier molecular flexibility index (Phi) is 3.91. The quantitative estimate of drug-likeness (QED) is 0.883. The van der Waals surface area contributed by atoms with Crippen LogP contribution in [0.4, 0.5) is 4.79 Å². The third-order valence-corrected chi connectivity index (χ3v) is 4.72. The zero-order valence-corrected chi connectivity index (χ0v) is 12.2. The lowest BCUT2D eigenvalue weighted by Gasteiger charge is -2.27. The van der Waals surface area contributed by atoms with Gasteiger partial charge < -0.3 is 15.5 Å². The number of carbonyl (C=O) groups excluding carboxylic acids is 2. The number of hydrogen-bond donors (Lipinski definition) is 2. The van der Waals surface area contributed by atoms with Crippen LogP contribution in [0.1, 0.15) is 29.7 Å². The average Bonchev–Trinajstić information content (AvgIpc) is 3.12. The van der Waals surface area contributed by atoms with Gasteiger partial charge in [-0.2, -0.15) is 0 Å². The van der Waals surface area contributed by atoms with Gasteiger partial charge in [-0.25, -0.2) is 4.79 Å². The first-order chi connectivity index (χ1) is 9.72. The highest BCUT2D eigenvalue weighted by molar-refractivity contribution is 7.10. The summed E-state index contributed by atoms with van der Waals surface area (Å²) in [5.74, 6) is 0.119. The minimum absolute atomic E-state index is 0.119. The van der Waals surface area contributed by atoms with Crippen molar-refractivity contribution in [3.63, 3.8) is 0 Å². The summed E-state index contributed by atoms with van der Waals surface area (Å²) in [5, 5.41) is 7.67. The van der Waals surface area contributed by atoms with E-state index in [0.717, 1.165) is 25.8 Å². The van der Waals surface area contributed by atoms with Crippen molar-refractivity contribution >= 4 is 23.3 Å². The molecule has 1 aromatic heterocycles. The van der Waals surface area contributed by atoms with Crippen LogP contribution in [0.5, 0.6) is 0 Å². The third-order valence-electron chi connectivity index (χ3n) is 3.70. The van der Waals surface area contributed by atoms with Crippen LogP contribution in [0.15, 0.2) is 11.4 Å². The van der Waals surface area contributed by atoms with E-state index in [0.29, 0.717) is 25.6 Å². The highest BCUT2D eigenvalue weighted by Gasteiger charge is 2.24. The molecule has 3 rings (SSSR count). The maximum absolute atomic E-state index is 12.1. The lowest BCUT2D eigenvalue weighted by molar-refractivity contribution is -0.131. The van der Waals surface area contributed by atoms with Crippen LogP contribution in [-0.4, -0.2) is 36.0 Å². The molecule has 1 aliphatic carbocycles. The van der Waals surface area contributed by atoms with E-state index in [1.807, 2.05) is 4.90 Å². The van der Waals surface area contributed by atoms with Gasteiger partial charge in [0.1, 0.15) is 0 Å². The highest BCUT2D eigenvalue weighted by atomic mass is 32.1. The van der Waals surface area contributed by atoms with Crippen LogP contribution in [0, 0.1) is 0 Å². The molecule has 20 heavy (non-hydrogen) atoms. The summed E-state index contributed by atoms with van der Waals surface area (Å²) in [6.45, 7) is 1.91. The smallest absolute Gasteiger partial charge is 0.315 e. The van der Waals surface area contributed by atoms with Gasteiger partial charge in [0.05, 0.1) is 0 Å². The van der Waals surface area contributed by atoms with Crippen molar-refractivity contribution in [2.75, 3.05) is 13.1 Å². The zero-order chi connectivity index (χ0) is 13.9. The Balaban J connectivity index is 1.40. The Morgan fingerprint density at radius 2 is 2.25 bits per heavy atom. The number of nitrogens with one attached hydrogen (secondary N) is 2. The van der Waals surface area contributed by atoms with Gasteiger partial charge in [-0.1, -0.05) is 0 Å². The molecule has 0 radical (unpaired) electrons. The van der Waals surface area contributed by atoms with Crippen LogP contribution in [-0.2, 0) is 17.8 Å². The van der Waals surface area contributed by atoms with Crippen molar-refractivity contribution in [3.05, 3.63) is 21.9 Å². The number of fused-ring (bicyclic) bond motifs is 1. The largest absolute Gasteiger partial charge is 0.338 e. The molecule has 0 bridgehead atoms. The molecule has 1 saturated carbocycles. The average molecular weight is 293 g/mol. The maximum atomic E-state index is 12.1. The van der Waals surface area contributed by atoms with Gasteiger partial charge in [0.15, 0.2) is 0 Å². The predicted octanol–water partition coefficient (Wildman–Crippen LogP) is 1.48. The fourth-order valence-electron chi connectivity index (χ4n) is 2.37. The van der Waals surface area contributed by atoms with Crippen molar-refractivity contribution < 1.29 is 9.59 Å². The molecule has 6 heteroatoms. The lowest BCUT2D eigenvalue weighted by atomic mass is 10.1. The molecule has 0 aromatic carbocycles. The van der Waals surface area contributed by atoms with E-state index in [1.54, 1.807) is 11.3 Å². The molecule has 2 aliphatic rings. The van der Waals surface area contributed by atoms with Crippen molar-refractivity contribution in [3.8, 4) is 0 Å². The van der Waals surface area contributed by atoms with Gasteiger partial charge in [-0.05, 0) is 36.3 Å². The summed E-state index contributed by atoms with van der Waals surface area (Å²) in [6, 6.07) is 2.30. The minimum Gasteiger partial charge on any atom is -0.338 e. The lowest BCUT2D eigenvalue weighted by Crippen LogP contribution is -2.40. The maximum Gasteiger partial charge on any atom is 0.315 e. The fourth-order valence-corrected chi connectivity index (χ4v) is 3.26. The number of thiophene rings is 1. The molecule has 5 nitrogen and oxygen atoms in total. The Morgan fingerprint density at radius 3 is 3.05 bits per heavy atom. The summed E-state index contributed by atoms with van der Waals surface area (Å²) < 4.78 is 0. The second kappa shape index (κ2) is 5.83. The fraction of sp³-hybridized carbons (Fsp3) is 0.571. The first-order valence-electron chi connectivity index (χ1n) is 7.10. The second-order valence-electron chi connectivity index (χ2n) is 5.36.